The van der Waals surface area contributed by atoms with Gasteiger partial charge >= 0.3 is 0 Å². The predicted molar refractivity (Wildman–Crippen MR) is 71.8 cm³/mol. The SMILES string of the molecule is CCn1cc(C)nc1Nc1ccc(C)cc1C. The summed E-state index contributed by atoms with van der Waals surface area (Å²) in [5.74, 6) is 0.914. The standard InChI is InChI=1S/C14H19N3/c1-5-17-9-12(4)15-14(17)16-13-7-6-10(2)8-11(13)3/h6-9H,5H2,1-4H3,(H,15,16). The summed E-state index contributed by atoms with van der Waals surface area (Å²) in [6.07, 6.45) is 2.06. The maximum absolute atomic E-state index is 4.49. The van der Waals surface area contributed by atoms with Crippen LogP contribution in [0.5, 0.6) is 0 Å². The van der Waals surface area contributed by atoms with Crippen molar-refractivity contribution in [3.63, 3.8) is 0 Å². The number of imidazole rings is 1. The molecule has 3 heteroatoms. The second-order valence-electron chi connectivity index (χ2n) is 4.44. The van der Waals surface area contributed by atoms with Crippen molar-refractivity contribution in [3.05, 3.63) is 41.2 Å². The van der Waals surface area contributed by atoms with Gasteiger partial charge in [-0.2, -0.15) is 0 Å². The Labute approximate surface area is 103 Å². The molecule has 0 aliphatic heterocycles. The van der Waals surface area contributed by atoms with E-state index < -0.39 is 0 Å². The minimum atomic E-state index is 0.914. The molecule has 0 unspecified atom stereocenters. The molecule has 1 N–H and O–H groups in total. The van der Waals surface area contributed by atoms with Crippen LogP contribution in [0.1, 0.15) is 23.7 Å². The average molecular weight is 229 g/mol. The summed E-state index contributed by atoms with van der Waals surface area (Å²) < 4.78 is 2.12. The summed E-state index contributed by atoms with van der Waals surface area (Å²) in [6.45, 7) is 9.27. The Hall–Kier alpha value is -1.77. The number of hydrogen-bond acceptors (Lipinski definition) is 2. The Morgan fingerprint density at radius 1 is 1.24 bits per heavy atom. The van der Waals surface area contributed by atoms with Crippen LogP contribution in [0.2, 0.25) is 0 Å². The summed E-state index contributed by atoms with van der Waals surface area (Å²) in [6, 6.07) is 6.39. The zero-order valence-electron chi connectivity index (χ0n) is 10.9. The fraction of sp³-hybridized carbons (Fsp3) is 0.357. The lowest BCUT2D eigenvalue weighted by atomic mass is 10.1. The van der Waals surface area contributed by atoms with E-state index in [1.165, 1.54) is 11.1 Å². The number of hydrogen-bond donors (Lipinski definition) is 1. The quantitative estimate of drug-likeness (QED) is 0.872. The van der Waals surface area contributed by atoms with Gasteiger partial charge in [0.2, 0.25) is 5.95 Å². The normalized spacial score (nSPS) is 10.6. The number of anilines is 2. The van der Waals surface area contributed by atoms with Gasteiger partial charge < -0.3 is 9.88 Å². The molecule has 0 bridgehead atoms. The van der Waals surface area contributed by atoms with Crippen molar-refractivity contribution in [2.75, 3.05) is 5.32 Å². The maximum Gasteiger partial charge on any atom is 0.207 e. The number of rotatable bonds is 3. The highest BCUT2D eigenvalue weighted by Crippen LogP contribution is 2.21. The highest BCUT2D eigenvalue weighted by Gasteiger charge is 2.05. The summed E-state index contributed by atoms with van der Waals surface area (Å²) in [4.78, 5) is 4.49. The average Bonchev–Trinajstić information content (AvgIpc) is 2.63. The Morgan fingerprint density at radius 2 is 2.00 bits per heavy atom. The molecule has 0 aliphatic carbocycles. The third-order valence-electron chi connectivity index (χ3n) is 2.87. The van der Waals surface area contributed by atoms with E-state index in [2.05, 4.69) is 60.0 Å². The van der Waals surface area contributed by atoms with Crippen LogP contribution in [0.25, 0.3) is 0 Å². The first kappa shape index (κ1) is 11.7. The molecule has 17 heavy (non-hydrogen) atoms. The number of aromatic nitrogens is 2. The Bertz CT molecular complexity index is 526. The van der Waals surface area contributed by atoms with E-state index in [1.54, 1.807) is 0 Å². The topological polar surface area (TPSA) is 29.9 Å². The molecule has 0 saturated carbocycles. The van der Waals surface area contributed by atoms with E-state index in [4.69, 9.17) is 0 Å². The lowest BCUT2D eigenvalue weighted by Crippen LogP contribution is -2.02. The van der Waals surface area contributed by atoms with E-state index in [1.807, 2.05) is 6.92 Å². The molecule has 1 heterocycles. The van der Waals surface area contributed by atoms with Gasteiger partial charge in [0.25, 0.3) is 0 Å². The molecule has 0 amide bonds. The van der Waals surface area contributed by atoms with Crippen LogP contribution in [-0.2, 0) is 6.54 Å². The number of nitrogens with one attached hydrogen (secondary N) is 1. The minimum absolute atomic E-state index is 0.914. The van der Waals surface area contributed by atoms with Crippen molar-refractivity contribution in [2.24, 2.45) is 0 Å². The number of aryl methyl sites for hydroxylation is 4. The van der Waals surface area contributed by atoms with Crippen LogP contribution in [0.3, 0.4) is 0 Å². The van der Waals surface area contributed by atoms with Crippen molar-refractivity contribution < 1.29 is 0 Å². The zero-order valence-corrected chi connectivity index (χ0v) is 10.9. The van der Waals surface area contributed by atoms with E-state index in [9.17, 15) is 0 Å². The Balaban J connectivity index is 2.30. The smallest absolute Gasteiger partial charge is 0.207 e. The largest absolute Gasteiger partial charge is 0.325 e. The fourth-order valence-corrected chi connectivity index (χ4v) is 1.96. The van der Waals surface area contributed by atoms with Crippen molar-refractivity contribution in [2.45, 2.75) is 34.2 Å². The van der Waals surface area contributed by atoms with Gasteiger partial charge in [-0.3, -0.25) is 0 Å². The molecule has 0 saturated heterocycles. The van der Waals surface area contributed by atoms with Gasteiger partial charge in [0, 0.05) is 18.4 Å². The molecule has 0 atom stereocenters. The van der Waals surface area contributed by atoms with Gasteiger partial charge in [-0.15, -0.1) is 0 Å². The summed E-state index contributed by atoms with van der Waals surface area (Å²) >= 11 is 0. The molecule has 3 nitrogen and oxygen atoms in total. The van der Waals surface area contributed by atoms with Crippen molar-refractivity contribution in [3.8, 4) is 0 Å². The molecule has 2 aromatic rings. The molecule has 90 valence electrons. The van der Waals surface area contributed by atoms with Gasteiger partial charge in [-0.1, -0.05) is 17.7 Å². The minimum Gasteiger partial charge on any atom is -0.325 e. The third kappa shape index (κ3) is 2.49. The summed E-state index contributed by atoms with van der Waals surface area (Å²) in [5, 5.41) is 3.39. The van der Waals surface area contributed by atoms with Gasteiger partial charge in [-0.25, -0.2) is 4.98 Å². The Kier molecular flexibility index (Phi) is 3.18. The summed E-state index contributed by atoms with van der Waals surface area (Å²) in [7, 11) is 0. The van der Waals surface area contributed by atoms with E-state index in [0.29, 0.717) is 0 Å². The van der Waals surface area contributed by atoms with E-state index in [-0.39, 0.29) is 0 Å². The highest BCUT2D eigenvalue weighted by atomic mass is 15.2. The van der Waals surface area contributed by atoms with Gasteiger partial charge in [-0.05, 0) is 39.3 Å². The van der Waals surface area contributed by atoms with Crippen LogP contribution in [-0.4, -0.2) is 9.55 Å². The van der Waals surface area contributed by atoms with Gasteiger partial charge in [0.15, 0.2) is 0 Å². The zero-order chi connectivity index (χ0) is 12.4. The molecular formula is C14H19N3. The second kappa shape index (κ2) is 4.62. The first-order chi connectivity index (χ1) is 8.10. The first-order valence-corrected chi connectivity index (χ1v) is 5.98. The second-order valence-corrected chi connectivity index (χ2v) is 4.44. The number of nitrogens with zero attached hydrogens (tertiary/aromatic N) is 2. The van der Waals surface area contributed by atoms with Crippen LogP contribution in [0.15, 0.2) is 24.4 Å². The van der Waals surface area contributed by atoms with E-state index in [0.717, 1.165) is 23.9 Å². The van der Waals surface area contributed by atoms with Gasteiger partial charge in [0.1, 0.15) is 0 Å². The molecular weight excluding hydrogens is 210 g/mol. The van der Waals surface area contributed by atoms with Crippen molar-refractivity contribution >= 4 is 11.6 Å². The van der Waals surface area contributed by atoms with Crippen molar-refractivity contribution in [1.29, 1.82) is 0 Å². The summed E-state index contributed by atoms with van der Waals surface area (Å²) in [5.41, 5.74) is 4.69. The predicted octanol–water partition coefficient (Wildman–Crippen LogP) is 3.57. The molecule has 0 aliphatic rings. The molecule has 2 rings (SSSR count). The monoisotopic (exact) mass is 229 g/mol. The fourth-order valence-electron chi connectivity index (χ4n) is 1.96. The Morgan fingerprint density at radius 3 is 2.65 bits per heavy atom. The number of benzene rings is 1. The maximum atomic E-state index is 4.49. The van der Waals surface area contributed by atoms with Crippen LogP contribution < -0.4 is 5.32 Å². The molecule has 0 fully saturated rings. The molecule has 0 spiro atoms. The first-order valence-electron chi connectivity index (χ1n) is 5.98. The van der Waals surface area contributed by atoms with E-state index >= 15 is 0 Å². The van der Waals surface area contributed by atoms with Crippen LogP contribution >= 0.6 is 0 Å². The van der Waals surface area contributed by atoms with Gasteiger partial charge in [0.05, 0.1) is 5.69 Å². The lowest BCUT2D eigenvalue weighted by Gasteiger charge is -2.10. The third-order valence-corrected chi connectivity index (χ3v) is 2.87. The highest BCUT2D eigenvalue weighted by molar-refractivity contribution is 5.59. The molecule has 1 aromatic carbocycles. The van der Waals surface area contributed by atoms with Crippen molar-refractivity contribution in [1.82, 2.24) is 9.55 Å². The molecule has 1 aromatic heterocycles. The van der Waals surface area contributed by atoms with Crippen LogP contribution in [0.4, 0.5) is 11.6 Å². The molecule has 0 radical (unpaired) electrons. The van der Waals surface area contributed by atoms with Crippen LogP contribution in [0, 0.1) is 20.8 Å². The lowest BCUT2D eigenvalue weighted by molar-refractivity contribution is 0.771.